The van der Waals surface area contributed by atoms with Gasteiger partial charge in [0.1, 0.15) is 10.8 Å². The Labute approximate surface area is 112 Å². The van der Waals surface area contributed by atoms with E-state index in [1.54, 1.807) is 22.2 Å². The van der Waals surface area contributed by atoms with Crippen molar-refractivity contribution >= 4 is 60.6 Å². The molecule has 0 saturated carbocycles. The number of thiophene rings is 1. The van der Waals surface area contributed by atoms with E-state index in [2.05, 4.69) is 37.0 Å². The Morgan fingerprint density at radius 3 is 2.73 bits per heavy atom. The maximum absolute atomic E-state index is 5.81. The van der Waals surface area contributed by atoms with Crippen LogP contribution >= 0.6 is 54.8 Å². The second-order valence-corrected chi connectivity index (χ2v) is 6.59. The Morgan fingerprint density at radius 1 is 1.53 bits per heavy atom. The molecule has 0 spiro atoms. The first-order valence-electron chi connectivity index (χ1n) is 3.98. The Hall–Kier alpha value is -0.0400. The van der Waals surface area contributed by atoms with Gasteiger partial charge in [-0.25, -0.2) is 4.68 Å². The molecule has 2 N–H and O–H groups in total. The van der Waals surface area contributed by atoms with Gasteiger partial charge in [0.05, 0.1) is 16.5 Å². The van der Waals surface area contributed by atoms with Crippen LogP contribution in [0, 0.1) is 0 Å². The minimum atomic E-state index is 0.490. The van der Waals surface area contributed by atoms with Gasteiger partial charge in [-0.05, 0) is 37.9 Å². The van der Waals surface area contributed by atoms with E-state index in [9.17, 15) is 0 Å². The third kappa shape index (κ3) is 2.38. The van der Waals surface area contributed by atoms with Crippen molar-refractivity contribution < 1.29 is 0 Å². The van der Waals surface area contributed by atoms with Gasteiger partial charge >= 0.3 is 0 Å². The number of nitrogens with two attached hydrogens (primary N) is 1. The molecular weight excluding hydrogens is 365 g/mol. The van der Waals surface area contributed by atoms with Gasteiger partial charge in [-0.1, -0.05) is 11.6 Å². The van der Waals surface area contributed by atoms with Crippen molar-refractivity contribution in [1.82, 2.24) is 9.78 Å². The summed E-state index contributed by atoms with van der Waals surface area (Å²) in [5.74, 6) is 0.498. The zero-order valence-corrected chi connectivity index (χ0v) is 12.1. The second kappa shape index (κ2) is 4.45. The summed E-state index contributed by atoms with van der Waals surface area (Å²) < 4.78 is 3.78. The van der Waals surface area contributed by atoms with Crippen LogP contribution in [0.25, 0.3) is 0 Å². The molecule has 0 aromatic carbocycles. The quantitative estimate of drug-likeness (QED) is 0.874. The maximum atomic E-state index is 5.81. The summed E-state index contributed by atoms with van der Waals surface area (Å²) in [6.07, 6.45) is 1.55. The van der Waals surface area contributed by atoms with Crippen LogP contribution in [0.15, 0.2) is 20.5 Å². The minimum Gasteiger partial charge on any atom is -0.383 e. The van der Waals surface area contributed by atoms with Gasteiger partial charge in [0.2, 0.25) is 0 Å². The van der Waals surface area contributed by atoms with Crippen molar-refractivity contribution in [2.24, 2.45) is 0 Å². The van der Waals surface area contributed by atoms with E-state index < -0.39 is 0 Å². The van der Waals surface area contributed by atoms with Crippen molar-refractivity contribution in [3.8, 4) is 0 Å². The van der Waals surface area contributed by atoms with Crippen LogP contribution < -0.4 is 5.73 Å². The van der Waals surface area contributed by atoms with E-state index >= 15 is 0 Å². The first-order chi connectivity index (χ1) is 7.08. The highest BCUT2D eigenvalue weighted by molar-refractivity contribution is 9.13. The van der Waals surface area contributed by atoms with Crippen molar-refractivity contribution in [1.29, 1.82) is 0 Å². The Morgan fingerprint density at radius 2 is 2.27 bits per heavy atom. The van der Waals surface area contributed by atoms with Crippen molar-refractivity contribution in [3.63, 3.8) is 0 Å². The lowest BCUT2D eigenvalue weighted by Crippen LogP contribution is -2.04. The molecule has 0 saturated heterocycles. The summed E-state index contributed by atoms with van der Waals surface area (Å²) in [4.78, 5) is 1.15. The van der Waals surface area contributed by atoms with Crippen LogP contribution in [0.4, 0.5) is 5.82 Å². The predicted molar refractivity (Wildman–Crippen MR) is 70.5 cm³/mol. The van der Waals surface area contributed by atoms with Crippen molar-refractivity contribution in [2.45, 2.75) is 6.54 Å². The van der Waals surface area contributed by atoms with E-state index in [0.717, 1.165) is 13.1 Å². The van der Waals surface area contributed by atoms with Gasteiger partial charge in [0.15, 0.2) is 0 Å². The number of rotatable bonds is 2. The predicted octanol–water partition coefficient (Wildman–Crippen LogP) is 3.75. The molecule has 15 heavy (non-hydrogen) atoms. The van der Waals surface area contributed by atoms with E-state index in [-0.39, 0.29) is 0 Å². The SMILES string of the molecule is Nc1c(Cl)cnn1Cc1cc(Br)c(Br)s1. The fourth-order valence-electron chi connectivity index (χ4n) is 1.11. The molecule has 0 fully saturated rings. The fourth-order valence-corrected chi connectivity index (χ4v) is 3.42. The van der Waals surface area contributed by atoms with Gasteiger partial charge in [0, 0.05) is 9.35 Å². The number of halogens is 3. The van der Waals surface area contributed by atoms with Crippen molar-refractivity contribution in [2.75, 3.05) is 5.73 Å². The number of aromatic nitrogens is 2. The molecule has 0 atom stereocenters. The smallest absolute Gasteiger partial charge is 0.140 e. The summed E-state index contributed by atoms with van der Waals surface area (Å²) in [5.41, 5.74) is 5.74. The molecule has 3 nitrogen and oxygen atoms in total. The number of anilines is 1. The highest BCUT2D eigenvalue weighted by Gasteiger charge is 2.08. The number of nitrogens with zero attached hydrogens (tertiary/aromatic N) is 2. The largest absolute Gasteiger partial charge is 0.383 e. The number of nitrogen functional groups attached to an aromatic ring is 1. The zero-order chi connectivity index (χ0) is 11.0. The summed E-state index contributed by atoms with van der Waals surface area (Å²) >= 11 is 14.3. The molecule has 0 unspecified atom stereocenters. The van der Waals surface area contributed by atoms with Gasteiger partial charge in [0.25, 0.3) is 0 Å². The first-order valence-corrected chi connectivity index (χ1v) is 6.76. The molecule has 0 radical (unpaired) electrons. The molecule has 2 aromatic rings. The van der Waals surface area contributed by atoms with E-state index in [1.807, 2.05) is 6.07 Å². The first kappa shape index (κ1) is 11.4. The molecule has 2 heterocycles. The Bertz CT molecular complexity index is 475. The number of hydrogen-bond acceptors (Lipinski definition) is 3. The summed E-state index contributed by atoms with van der Waals surface area (Å²) in [5, 5.41) is 4.58. The minimum absolute atomic E-state index is 0.490. The summed E-state index contributed by atoms with van der Waals surface area (Å²) in [7, 11) is 0. The number of hydrogen-bond donors (Lipinski definition) is 1. The van der Waals surface area contributed by atoms with Crippen LogP contribution in [0.2, 0.25) is 5.02 Å². The zero-order valence-electron chi connectivity index (χ0n) is 7.38. The fraction of sp³-hybridized carbons (Fsp3) is 0.125. The van der Waals surface area contributed by atoms with Crippen LogP contribution in [0.5, 0.6) is 0 Å². The molecule has 0 aliphatic carbocycles. The van der Waals surface area contributed by atoms with Gasteiger partial charge < -0.3 is 5.73 Å². The molecule has 0 aliphatic heterocycles. The lowest BCUT2D eigenvalue weighted by molar-refractivity contribution is 0.705. The molecule has 7 heteroatoms. The maximum Gasteiger partial charge on any atom is 0.140 e. The molecule has 2 aromatic heterocycles. The molecule has 0 bridgehead atoms. The lowest BCUT2D eigenvalue weighted by Gasteiger charge is -2.00. The third-order valence-corrected chi connectivity index (χ3v) is 5.37. The molecule has 2 rings (SSSR count). The van der Waals surface area contributed by atoms with Crippen LogP contribution in [-0.2, 0) is 6.54 Å². The monoisotopic (exact) mass is 369 g/mol. The average molecular weight is 371 g/mol. The topological polar surface area (TPSA) is 43.8 Å². The lowest BCUT2D eigenvalue weighted by atomic mass is 10.4. The van der Waals surface area contributed by atoms with Crippen LogP contribution in [0.3, 0.4) is 0 Å². The Kier molecular flexibility index (Phi) is 3.39. The molecule has 80 valence electrons. The van der Waals surface area contributed by atoms with Crippen molar-refractivity contribution in [3.05, 3.63) is 30.4 Å². The molecule has 0 amide bonds. The molecule has 0 aliphatic rings. The van der Waals surface area contributed by atoms with Gasteiger partial charge in [-0.15, -0.1) is 11.3 Å². The van der Waals surface area contributed by atoms with Crippen LogP contribution in [0.1, 0.15) is 4.88 Å². The third-order valence-electron chi connectivity index (χ3n) is 1.84. The second-order valence-electron chi connectivity index (χ2n) is 2.87. The van der Waals surface area contributed by atoms with Gasteiger partial charge in [-0.3, -0.25) is 0 Å². The Balaban J connectivity index is 2.25. The van der Waals surface area contributed by atoms with Crippen LogP contribution in [-0.4, -0.2) is 9.78 Å². The standard InChI is InChI=1S/C8H6Br2ClN3S/c9-5-1-4(15-7(5)10)3-14-8(12)6(11)2-13-14/h1-2H,3,12H2. The summed E-state index contributed by atoms with van der Waals surface area (Å²) in [6.45, 7) is 0.632. The van der Waals surface area contributed by atoms with E-state index in [0.29, 0.717) is 17.4 Å². The highest BCUT2D eigenvalue weighted by atomic mass is 79.9. The average Bonchev–Trinajstić information content (AvgIpc) is 2.65. The summed E-state index contributed by atoms with van der Waals surface area (Å²) in [6, 6.07) is 2.03. The normalized spacial score (nSPS) is 10.9. The van der Waals surface area contributed by atoms with E-state index in [1.165, 1.54) is 0 Å². The van der Waals surface area contributed by atoms with Gasteiger partial charge in [-0.2, -0.15) is 5.10 Å². The molecular formula is C8H6Br2ClN3S. The van der Waals surface area contributed by atoms with E-state index in [4.69, 9.17) is 17.3 Å². The highest BCUT2D eigenvalue weighted by Crippen LogP contribution is 2.33.